The molecular formula is C10H16O2. The normalized spacial score (nSPS) is 17.3. The van der Waals surface area contributed by atoms with Crippen molar-refractivity contribution in [3.8, 4) is 0 Å². The average molecular weight is 168 g/mol. The van der Waals surface area contributed by atoms with E-state index in [4.69, 9.17) is 4.74 Å². The van der Waals surface area contributed by atoms with Crippen molar-refractivity contribution < 1.29 is 9.53 Å². The van der Waals surface area contributed by atoms with Crippen LogP contribution >= 0.6 is 0 Å². The lowest BCUT2D eigenvalue weighted by Crippen LogP contribution is -1.97. The minimum atomic E-state index is 0.292. The molecule has 0 aromatic carbocycles. The first-order chi connectivity index (χ1) is 5.79. The van der Waals surface area contributed by atoms with E-state index in [2.05, 4.69) is 6.92 Å². The maximum absolute atomic E-state index is 11.3. The van der Waals surface area contributed by atoms with Gasteiger partial charge < -0.3 is 4.74 Å². The van der Waals surface area contributed by atoms with Gasteiger partial charge >= 0.3 is 0 Å². The molecule has 1 rings (SSSR count). The zero-order chi connectivity index (χ0) is 8.97. The average Bonchev–Trinajstić information content (AvgIpc) is 2.43. The summed E-state index contributed by atoms with van der Waals surface area (Å²) in [5, 5.41) is 0. The van der Waals surface area contributed by atoms with E-state index < -0.39 is 0 Å². The van der Waals surface area contributed by atoms with E-state index in [9.17, 15) is 4.79 Å². The molecule has 2 heteroatoms. The highest BCUT2D eigenvalue weighted by Crippen LogP contribution is 2.26. The highest BCUT2D eigenvalue weighted by Gasteiger charge is 2.22. The first-order valence-corrected chi connectivity index (χ1v) is 4.58. The Morgan fingerprint density at radius 2 is 2.17 bits per heavy atom. The molecular weight excluding hydrogens is 152 g/mol. The van der Waals surface area contributed by atoms with Gasteiger partial charge in [-0.2, -0.15) is 0 Å². The van der Waals surface area contributed by atoms with E-state index in [1.807, 2.05) is 0 Å². The Bertz CT molecular complexity index is 204. The third-order valence-corrected chi connectivity index (χ3v) is 2.28. The third-order valence-electron chi connectivity index (χ3n) is 2.28. The standard InChI is InChI=1S/C10H16O2/c1-3-4-5-8-9(11)6-7-10(8)12-2/h3-7H2,1-2H3. The molecule has 68 valence electrons. The van der Waals surface area contributed by atoms with Gasteiger partial charge in [-0.15, -0.1) is 0 Å². The molecule has 0 bridgehead atoms. The molecule has 0 atom stereocenters. The summed E-state index contributed by atoms with van der Waals surface area (Å²) >= 11 is 0. The number of carbonyl (C=O) groups excluding carboxylic acids is 1. The summed E-state index contributed by atoms with van der Waals surface area (Å²) < 4.78 is 5.15. The molecule has 0 N–H and O–H groups in total. The van der Waals surface area contributed by atoms with Crippen LogP contribution in [-0.2, 0) is 9.53 Å². The van der Waals surface area contributed by atoms with E-state index in [-0.39, 0.29) is 0 Å². The molecule has 0 aromatic heterocycles. The van der Waals surface area contributed by atoms with Crippen LogP contribution < -0.4 is 0 Å². The van der Waals surface area contributed by atoms with Crippen LogP contribution in [0.1, 0.15) is 39.0 Å². The summed E-state index contributed by atoms with van der Waals surface area (Å²) in [5.41, 5.74) is 0.944. The number of hydrogen-bond donors (Lipinski definition) is 0. The molecule has 1 aliphatic carbocycles. The number of rotatable bonds is 4. The molecule has 0 saturated heterocycles. The van der Waals surface area contributed by atoms with Crippen LogP contribution in [0, 0.1) is 0 Å². The lowest BCUT2D eigenvalue weighted by molar-refractivity contribution is -0.115. The number of allylic oxidation sites excluding steroid dienone is 2. The van der Waals surface area contributed by atoms with Gasteiger partial charge in [0.15, 0.2) is 5.78 Å². The molecule has 0 aromatic rings. The van der Waals surface area contributed by atoms with Gasteiger partial charge in [0.25, 0.3) is 0 Å². The van der Waals surface area contributed by atoms with Gasteiger partial charge in [-0.1, -0.05) is 13.3 Å². The van der Waals surface area contributed by atoms with Crippen LogP contribution in [0.3, 0.4) is 0 Å². The van der Waals surface area contributed by atoms with Gasteiger partial charge in [-0.3, -0.25) is 4.79 Å². The molecule has 1 aliphatic rings. The van der Waals surface area contributed by atoms with Crippen LogP contribution in [0.4, 0.5) is 0 Å². The van der Waals surface area contributed by atoms with E-state index in [1.165, 1.54) is 0 Å². The summed E-state index contributed by atoms with van der Waals surface area (Å²) in [5.74, 6) is 1.22. The molecule has 0 amide bonds. The van der Waals surface area contributed by atoms with Crippen molar-refractivity contribution in [3.05, 3.63) is 11.3 Å². The summed E-state index contributed by atoms with van der Waals surface area (Å²) in [6.07, 6.45) is 4.59. The Kier molecular flexibility index (Phi) is 3.32. The Labute approximate surface area is 73.6 Å². The smallest absolute Gasteiger partial charge is 0.162 e. The maximum atomic E-state index is 11.3. The van der Waals surface area contributed by atoms with Crippen molar-refractivity contribution in [2.75, 3.05) is 7.11 Å². The Balaban J connectivity index is 2.60. The van der Waals surface area contributed by atoms with Crippen LogP contribution in [0.15, 0.2) is 11.3 Å². The Hall–Kier alpha value is -0.790. The molecule has 12 heavy (non-hydrogen) atoms. The largest absolute Gasteiger partial charge is 0.501 e. The Morgan fingerprint density at radius 3 is 2.75 bits per heavy atom. The van der Waals surface area contributed by atoms with Gasteiger partial charge in [0, 0.05) is 18.4 Å². The fraction of sp³-hybridized carbons (Fsp3) is 0.700. The first-order valence-electron chi connectivity index (χ1n) is 4.58. The molecule has 0 unspecified atom stereocenters. The van der Waals surface area contributed by atoms with Gasteiger partial charge in [-0.05, 0) is 12.8 Å². The topological polar surface area (TPSA) is 26.3 Å². The second-order valence-corrected chi connectivity index (χ2v) is 3.13. The number of ketones is 1. The quantitative estimate of drug-likeness (QED) is 0.644. The van der Waals surface area contributed by atoms with Gasteiger partial charge in [0.2, 0.25) is 0 Å². The summed E-state index contributed by atoms with van der Waals surface area (Å²) in [6.45, 7) is 2.13. The highest BCUT2D eigenvalue weighted by molar-refractivity contribution is 5.98. The monoisotopic (exact) mass is 168 g/mol. The molecule has 0 heterocycles. The van der Waals surface area contributed by atoms with E-state index in [1.54, 1.807) is 7.11 Å². The minimum absolute atomic E-state index is 0.292. The van der Waals surface area contributed by atoms with Crippen LogP contribution in [-0.4, -0.2) is 12.9 Å². The molecule has 0 fully saturated rings. The van der Waals surface area contributed by atoms with Crippen molar-refractivity contribution >= 4 is 5.78 Å². The lowest BCUT2D eigenvalue weighted by atomic mass is 10.1. The number of ether oxygens (including phenoxy) is 1. The van der Waals surface area contributed by atoms with Crippen LogP contribution in [0.2, 0.25) is 0 Å². The van der Waals surface area contributed by atoms with E-state index in [0.29, 0.717) is 12.2 Å². The number of Topliss-reactive ketones (excluding diaryl/α,β-unsaturated/α-hetero) is 1. The first kappa shape index (κ1) is 9.30. The summed E-state index contributed by atoms with van der Waals surface area (Å²) in [4.78, 5) is 11.3. The summed E-state index contributed by atoms with van der Waals surface area (Å²) in [7, 11) is 1.65. The number of methoxy groups -OCH3 is 1. The van der Waals surface area contributed by atoms with Crippen molar-refractivity contribution in [2.45, 2.75) is 39.0 Å². The van der Waals surface area contributed by atoms with Gasteiger partial charge in [0.1, 0.15) is 5.76 Å². The zero-order valence-electron chi connectivity index (χ0n) is 7.85. The molecule has 0 aliphatic heterocycles. The van der Waals surface area contributed by atoms with Crippen LogP contribution in [0.5, 0.6) is 0 Å². The predicted molar refractivity (Wildman–Crippen MR) is 47.8 cm³/mol. The molecule has 0 spiro atoms. The number of unbranched alkanes of at least 4 members (excludes halogenated alkanes) is 1. The van der Waals surface area contributed by atoms with Gasteiger partial charge in [0.05, 0.1) is 7.11 Å². The molecule has 2 nitrogen and oxygen atoms in total. The molecule has 0 saturated carbocycles. The minimum Gasteiger partial charge on any atom is -0.501 e. The summed E-state index contributed by atoms with van der Waals surface area (Å²) in [6, 6.07) is 0. The number of carbonyl (C=O) groups is 1. The SMILES string of the molecule is CCCCC1=C(OC)CCC1=O. The van der Waals surface area contributed by atoms with E-state index >= 15 is 0 Å². The maximum Gasteiger partial charge on any atom is 0.162 e. The van der Waals surface area contributed by atoms with E-state index in [0.717, 1.165) is 37.0 Å². The van der Waals surface area contributed by atoms with Gasteiger partial charge in [-0.25, -0.2) is 0 Å². The predicted octanol–water partition coefficient (Wildman–Crippen LogP) is 2.44. The van der Waals surface area contributed by atoms with Crippen molar-refractivity contribution in [1.82, 2.24) is 0 Å². The fourth-order valence-electron chi connectivity index (χ4n) is 1.54. The second-order valence-electron chi connectivity index (χ2n) is 3.13. The third kappa shape index (κ3) is 1.87. The van der Waals surface area contributed by atoms with Crippen LogP contribution in [0.25, 0.3) is 0 Å². The van der Waals surface area contributed by atoms with Crippen molar-refractivity contribution in [3.63, 3.8) is 0 Å². The molecule has 0 radical (unpaired) electrons. The Morgan fingerprint density at radius 1 is 1.42 bits per heavy atom. The van der Waals surface area contributed by atoms with Crippen molar-refractivity contribution in [1.29, 1.82) is 0 Å². The van der Waals surface area contributed by atoms with Crippen molar-refractivity contribution in [2.24, 2.45) is 0 Å². The lowest BCUT2D eigenvalue weighted by Gasteiger charge is -2.03. The highest BCUT2D eigenvalue weighted by atomic mass is 16.5. The zero-order valence-corrected chi connectivity index (χ0v) is 7.85. The number of hydrogen-bond acceptors (Lipinski definition) is 2. The fourth-order valence-corrected chi connectivity index (χ4v) is 1.54. The second kappa shape index (κ2) is 4.29.